The number of benzene rings is 1. The maximum Gasteiger partial charge on any atom is 0.254 e. The van der Waals surface area contributed by atoms with Crippen molar-refractivity contribution in [3.05, 3.63) is 75.8 Å². The zero-order chi connectivity index (χ0) is 24.1. The molecule has 2 aromatic heterocycles. The molecule has 2 atom stereocenters. The summed E-state index contributed by atoms with van der Waals surface area (Å²) in [6.45, 7) is 6.58. The predicted molar refractivity (Wildman–Crippen MR) is 140 cm³/mol. The number of rotatable bonds is 9. The van der Waals surface area contributed by atoms with Crippen LogP contribution in [-0.4, -0.2) is 38.9 Å². The molecule has 0 unspecified atom stereocenters. The number of likely N-dealkylation sites (tertiary alicyclic amines) is 1. The molecule has 6 heteroatoms. The van der Waals surface area contributed by atoms with E-state index in [9.17, 15) is 4.79 Å². The van der Waals surface area contributed by atoms with Crippen LogP contribution in [0.1, 0.15) is 69.3 Å². The van der Waals surface area contributed by atoms with E-state index >= 15 is 0 Å². The zero-order valence-corrected chi connectivity index (χ0v) is 20.5. The Morgan fingerprint density at radius 2 is 1.76 bits per heavy atom. The van der Waals surface area contributed by atoms with Crippen LogP contribution in [0.2, 0.25) is 0 Å². The van der Waals surface area contributed by atoms with E-state index < -0.39 is 0 Å². The van der Waals surface area contributed by atoms with Crippen molar-refractivity contribution in [3.8, 4) is 0 Å². The molecule has 3 N–H and O–H groups in total. The van der Waals surface area contributed by atoms with Crippen molar-refractivity contribution in [2.45, 2.75) is 77.4 Å². The summed E-state index contributed by atoms with van der Waals surface area (Å²) in [7, 11) is 0. The molecule has 0 bridgehead atoms. The number of pyridine rings is 2. The number of amidine groups is 1. The number of piperidine rings is 1. The van der Waals surface area contributed by atoms with Gasteiger partial charge in [-0.1, -0.05) is 37.1 Å². The van der Waals surface area contributed by atoms with Crippen LogP contribution < -0.4 is 11.3 Å². The Kier molecular flexibility index (Phi) is 7.78. The van der Waals surface area contributed by atoms with Gasteiger partial charge < -0.3 is 10.3 Å². The minimum Gasteiger partial charge on any atom is -0.382 e. The Balaban J connectivity index is 1.47. The molecule has 1 aromatic carbocycles. The zero-order valence-electron chi connectivity index (χ0n) is 20.5. The van der Waals surface area contributed by atoms with E-state index in [4.69, 9.17) is 11.1 Å². The minimum absolute atomic E-state index is 0.0482. The molecule has 4 rings (SSSR count). The molecular formula is C28H37N5O. The maximum absolute atomic E-state index is 13.5. The highest BCUT2D eigenvalue weighted by Crippen LogP contribution is 2.23. The van der Waals surface area contributed by atoms with Crippen molar-refractivity contribution in [2.75, 3.05) is 6.54 Å². The van der Waals surface area contributed by atoms with E-state index in [2.05, 4.69) is 29.8 Å². The number of aryl methyl sites for hydroxylation is 1. The first kappa shape index (κ1) is 24.1. The molecule has 34 heavy (non-hydrogen) atoms. The van der Waals surface area contributed by atoms with E-state index in [0.29, 0.717) is 24.2 Å². The van der Waals surface area contributed by atoms with Crippen molar-refractivity contribution >= 4 is 16.7 Å². The highest BCUT2D eigenvalue weighted by atomic mass is 16.1. The summed E-state index contributed by atoms with van der Waals surface area (Å²) >= 11 is 0. The molecule has 0 amide bonds. The third-order valence-corrected chi connectivity index (χ3v) is 7.21. The molecular weight excluding hydrogens is 422 g/mol. The van der Waals surface area contributed by atoms with Gasteiger partial charge in [0, 0.05) is 36.3 Å². The first-order chi connectivity index (χ1) is 16.4. The highest BCUT2D eigenvalue weighted by molar-refractivity contribution is 5.92. The van der Waals surface area contributed by atoms with E-state index in [1.54, 1.807) is 6.07 Å². The fourth-order valence-corrected chi connectivity index (χ4v) is 5.32. The van der Waals surface area contributed by atoms with Crippen LogP contribution in [0.25, 0.3) is 10.9 Å². The molecule has 3 heterocycles. The number of nitrogens with zero attached hydrogens (tertiary/aromatic N) is 3. The summed E-state index contributed by atoms with van der Waals surface area (Å²) in [6.07, 6.45) is 7.66. The monoisotopic (exact) mass is 459 g/mol. The molecule has 0 aliphatic carbocycles. The van der Waals surface area contributed by atoms with Crippen LogP contribution in [0.3, 0.4) is 0 Å². The topological polar surface area (TPSA) is 88.0 Å². The van der Waals surface area contributed by atoms with Crippen LogP contribution in [0.5, 0.6) is 0 Å². The Labute approximate surface area is 202 Å². The van der Waals surface area contributed by atoms with Crippen molar-refractivity contribution in [1.82, 2.24) is 14.5 Å². The summed E-state index contributed by atoms with van der Waals surface area (Å²) < 4.78 is 1.94. The average molecular weight is 460 g/mol. The van der Waals surface area contributed by atoms with Gasteiger partial charge in [0.2, 0.25) is 0 Å². The molecule has 0 radical (unpaired) electrons. The van der Waals surface area contributed by atoms with Gasteiger partial charge in [-0.2, -0.15) is 0 Å². The van der Waals surface area contributed by atoms with Crippen LogP contribution in [0.15, 0.2) is 53.3 Å². The van der Waals surface area contributed by atoms with E-state index in [-0.39, 0.29) is 11.4 Å². The smallest absolute Gasteiger partial charge is 0.254 e. The standard InChI is InChI=1S/C28H37N5O/c1-20-10-8-11-21(2)32(20)16-6-3-7-17-33-26-15-5-4-12-22(26)18-23(28(33)34)19-24-13-9-14-25(31-24)27(29)30/h4-5,9,12-15,18,20-21H,3,6-8,10-11,16-17,19H2,1-2H3,(H3,29,30)/t20-,21+. The first-order valence-electron chi connectivity index (χ1n) is 12.6. The number of para-hydroxylation sites is 1. The second-order valence-electron chi connectivity index (χ2n) is 9.72. The third kappa shape index (κ3) is 5.55. The van der Waals surface area contributed by atoms with Crippen LogP contribution in [-0.2, 0) is 13.0 Å². The summed E-state index contributed by atoms with van der Waals surface area (Å²) in [4.78, 5) is 20.6. The summed E-state index contributed by atoms with van der Waals surface area (Å²) in [5.74, 6) is -0.0638. The lowest BCUT2D eigenvalue weighted by atomic mass is 9.97. The Bertz CT molecular complexity index is 1190. The van der Waals surface area contributed by atoms with Gasteiger partial charge in [0.1, 0.15) is 11.5 Å². The number of nitrogens with one attached hydrogen (secondary N) is 1. The average Bonchev–Trinajstić information content (AvgIpc) is 2.82. The van der Waals surface area contributed by atoms with E-state index in [0.717, 1.165) is 48.1 Å². The lowest BCUT2D eigenvalue weighted by Crippen LogP contribution is -2.44. The Morgan fingerprint density at radius 1 is 1.03 bits per heavy atom. The van der Waals surface area contributed by atoms with Gasteiger partial charge >= 0.3 is 0 Å². The number of nitrogen functional groups attached to an aromatic ring is 1. The van der Waals surface area contributed by atoms with Gasteiger partial charge in [-0.25, -0.2) is 4.98 Å². The van der Waals surface area contributed by atoms with E-state index in [1.165, 1.54) is 25.7 Å². The Morgan fingerprint density at radius 3 is 2.53 bits per heavy atom. The van der Waals surface area contributed by atoms with Crippen molar-refractivity contribution in [3.63, 3.8) is 0 Å². The van der Waals surface area contributed by atoms with Crippen molar-refractivity contribution in [2.24, 2.45) is 5.73 Å². The number of nitrogens with two attached hydrogens (primary N) is 1. The van der Waals surface area contributed by atoms with Crippen LogP contribution >= 0.6 is 0 Å². The second-order valence-corrected chi connectivity index (χ2v) is 9.72. The number of hydrogen-bond donors (Lipinski definition) is 2. The Hall–Kier alpha value is -2.99. The predicted octanol–water partition coefficient (Wildman–Crippen LogP) is 4.70. The van der Waals surface area contributed by atoms with Gasteiger partial charge in [-0.05, 0) is 75.7 Å². The third-order valence-electron chi connectivity index (χ3n) is 7.21. The molecule has 0 saturated carbocycles. The molecule has 6 nitrogen and oxygen atoms in total. The number of unbranched alkanes of at least 4 members (excludes halogenated alkanes) is 2. The van der Waals surface area contributed by atoms with Gasteiger partial charge in [0.15, 0.2) is 0 Å². The van der Waals surface area contributed by atoms with Crippen LogP contribution in [0, 0.1) is 5.41 Å². The van der Waals surface area contributed by atoms with Crippen molar-refractivity contribution < 1.29 is 0 Å². The first-order valence-corrected chi connectivity index (χ1v) is 12.6. The second kappa shape index (κ2) is 11.0. The molecule has 1 saturated heterocycles. The van der Waals surface area contributed by atoms with Gasteiger partial charge in [-0.3, -0.25) is 15.1 Å². The fraction of sp³-hybridized carbons (Fsp3) is 0.464. The fourth-order valence-electron chi connectivity index (χ4n) is 5.32. The summed E-state index contributed by atoms with van der Waals surface area (Å²) in [5, 5.41) is 8.71. The molecule has 3 aromatic rings. The quantitative estimate of drug-likeness (QED) is 0.276. The molecule has 1 fully saturated rings. The van der Waals surface area contributed by atoms with Gasteiger partial charge in [0.25, 0.3) is 5.56 Å². The molecule has 0 spiro atoms. The largest absolute Gasteiger partial charge is 0.382 e. The van der Waals surface area contributed by atoms with Gasteiger partial charge in [0.05, 0.1) is 5.52 Å². The van der Waals surface area contributed by atoms with E-state index in [1.807, 2.05) is 41.0 Å². The number of hydrogen-bond acceptors (Lipinski definition) is 4. The minimum atomic E-state index is -0.0638. The van der Waals surface area contributed by atoms with Gasteiger partial charge in [-0.15, -0.1) is 0 Å². The summed E-state index contributed by atoms with van der Waals surface area (Å²) in [5.41, 5.74) is 8.55. The van der Waals surface area contributed by atoms with Crippen molar-refractivity contribution in [1.29, 1.82) is 5.41 Å². The number of aromatic nitrogens is 2. The lowest BCUT2D eigenvalue weighted by Gasteiger charge is -2.39. The molecule has 1 aliphatic heterocycles. The molecule has 180 valence electrons. The number of fused-ring (bicyclic) bond motifs is 1. The lowest BCUT2D eigenvalue weighted by molar-refractivity contribution is 0.101. The highest BCUT2D eigenvalue weighted by Gasteiger charge is 2.23. The summed E-state index contributed by atoms with van der Waals surface area (Å²) in [6, 6.07) is 16.9. The maximum atomic E-state index is 13.5. The molecule has 1 aliphatic rings. The SMILES string of the molecule is C[C@@H]1CCC[C@H](C)N1CCCCCn1c(=O)c(Cc2cccc(C(=N)N)n2)cc2ccccc21. The normalized spacial score (nSPS) is 18.9. The van der Waals surface area contributed by atoms with Crippen LogP contribution in [0.4, 0.5) is 0 Å².